The minimum absolute atomic E-state index is 0.0969. The van der Waals surface area contributed by atoms with E-state index >= 15 is 0 Å². The van der Waals surface area contributed by atoms with E-state index in [4.69, 9.17) is 5.11 Å². The van der Waals surface area contributed by atoms with Crippen molar-refractivity contribution in [3.63, 3.8) is 0 Å². The first-order valence-corrected chi connectivity index (χ1v) is 9.11. The summed E-state index contributed by atoms with van der Waals surface area (Å²) in [6.07, 6.45) is 0.718. The molecule has 126 valence electrons. The lowest BCUT2D eigenvalue weighted by Crippen LogP contribution is -2.61. The zero-order valence-corrected chi connectivity index (χ0v) is 13.9. The third kappa shape index (κ3) is 3.89. The maximum atomic E-state index is 12.6. The lowest BCUT2D eigenvalue weighted by Gasteiger charge is -2.44. The van der Waals surface area contributed by atoms with Crippen LogP contribution in [0.15, 0.2) is 30.3 Å². The quantitative estimate of drug-likeness (QED) is 0.868. The molecule has 0 unspecified atom stereocenters. The first kappa shape index (κ1) is 17.4. The molecule has 0 aliphatic carbocycles. The number of nitrogens with zero attached hydrogens (tertiary/aromatic N) is 2. The second-order valence-electron chi connectivity index (χ2n) is 5.64. The topological polar surface area (TPSA) is 95.0 Å². The van der Waals surface area contributed by atoms with Crippen molar-refractivity contribution in [2.24, 2.45) is 0 Å². The second-order valence-corrected chi connectivity index (χ2v) is 7.58. The van der Waals surface area contributed by atoms with E-state index in [1.807, 2.05) is 0 Å². The minimum Gasteiger partial charge on any atom is -0.481 e. The summed E-state index contributed by atoms with van der Waals surface area (Å²) in [6.45, 7) is 2.02. The van der Waals surface area contributed by atoms with Crippen LogP contribution in [0.4, 0.5) is 0 Å². The van der Waals surface area contributed by atoms with E-state index in [2.05, 4.69) is 0 Å². The third-order valence-corrected chi connectivity index (χ3v) is 5.38. The Kier molecular flexibility index (Phi) is 5.06. The normalized spacial score (nSPS) is 22.8. The molecule has 1 saturated heterocycles. The van der Waals surface area contributed by atoms with E-state index in [9.17, 15) is 18.0 Å². The van der Waals surface area contributed by atoms with Crippen LogP contribution in [0.5, 0.6) is 0 Å². The zero-order valence-electron chi connectivity index (χ0n) is 13.0. The average molecular weight is 340 g/mol. The summed E-state index contributed by atoms with van der Waals surface area (Å²) in [4.78, 5) is 25.3. The van der Waals surface area contributed by atoms with Gasteiger partial charge in [-0.15, -0.1) is 0 Å². The van der Waals surface area contributed by atoms with Gasteiger partial charge in [-0.25, -0.2) is 8.42 Å². The van der Waals surface area contributed by atoms with Crippen LogP contribution in [0.3, 0.4) is 0 Å². The lowest BCUT2D eigenvalue weighted by molar-refractivity contribution is -0.138. The maximum Gasteiger partial charge on any atom is 0.305 e. The van der Waals surface area contributed by atoms with Crippen molar-refractivity contribution in [2.75, 3.05) is 19.3 Å². The van der Waals surface area contributed by atoms with Crippen molar-refractivity contribution in [2.45, 2.75) is 25.4 Å². The summed E-state index contributed by atoms with van der Waals surface area (Å²) in [7, 11) is -3.54. The number of carboxylic acids is 1. The zero-order chi connectivity index (χ0) is 17.2. The average Bonchev–Trinajstić information content (AvgIpc) is 2.48. The maximum absolute atomic E-state index is 12.6. The van der Waals surface area contributed by atoms with Crippen LogP contribution in [0.25, 0.3) is 0 Å². The standard InChI is InChI=1S/C15H20N2O5S/c1-11-13(10-14(18)19)17(23(2,21)22)9-8-16(11)15(20)12-6-4-3-5-7-12/h3-7,11,13H,8-10H2,1-2H3,(H,18,19)/t11-,13+/m0/s1. The predicted molar refractivity (Wildman–Crippen MR) is 84.5 cm³/mol. The molecule has 0 radical (unpaired) electrons. The Bertz CT molecular complexity index is 689. The number of sulfonamides is 1. The number of amides is 1. The monoisotopic (exact) mass is 340 g/mol. The molecule has 2 rings (SSSR count). The SMILES string of the molecule is C[C@H]1[C@@H](CC(=O)O)N(S(C)(=O)=O)CCN1C(=O)c1ccccc1. The lowest BCUT2D eigenvalue weighted by atomic mass is 10.0. The number of carbonyl (C=O) groups excluding carboxylic acids is 1. The fourth-order valence-electron chi connectivity index (χ4n) is 2.92. The van der Waals surface area contributed by atoms with E-state index < -0.39 is 28.1 Å². The van der Waals surface area contributed by atoms with Crippen LogP contribution in [-0.2, 0) is 14.8 Å². The number of piperazine rings is 1. The Labute approximate surface area is 135 Å². The van der Waals surface area contributed by atoms with Crippen molar-refractivity contribution in [1.29, 1.82) is 0 Å². The van der Waals surface area contributed by atoms with E-state index in [-0.39, 0.29) is 25.4 Å². The molecular weight excluding hydrogens is 320 g/mol. The van der Waals surface area contributed by atoms with Crippen LogP contribution >= 0.6 is 0 Å². The Hall–Kier alpha value is -1.93. The largest absolute Gasteiger partial charge is 0.481 e. The number of benzene rings is 1. The third-order valence-electron chi connectivity index (χ3n) is 4.07. The van der Waals surface area contributed by atoms with E-state index in [0.717, 1.165) is 6.26 Å². The fraction of sp³-hybridized carbons (Fsp3) is 0.467. The molecule has 8 heteroatoms. The summed E-state index contributed by atoms with van der Waals surface area (Å²) in [5.41, 5.74) is 0.501. The van der Waals surface area contributed by atoms with Crippen molar-refractivity contribution < 1.29 is 23.1 Å². The molecule has 23 heavy (non-hydrogen) atoms. The number of aliphatic carboxylic acids is 1. The molecule has 1 N–H and O–H groups in total. The Morgan fingerprint density at radius 1 is 1.22 bits per heavy atom. The van der Waals surface area contributed by atoms with Gasteiger partial charge < -0.3 is 10.0 Å². The van der Waals surface area contributed by atoms with Crippen molar-refractivity contribution in [1.82, 2.24) is 9.21 Å². The summed E-state index contributed by atoms with van der Waals surface area (Å²) in [5, 5.41) is 9.08. The minimum atomic E-state index is -3.54. The molecule has 0 saturated carbocycles. The number of carboxylic acid groups (broad SMARTS) is 1. The highest BCUT2D eigenvalue weighted by Crippen LogP contribution is 2.24. The number of hydrogen-bond donors (Lipinski definition) is 1. The molecule has 1 aromatic carbocycles. The van der Waals surface area contributed by atoms with Gasteiger partial charge in [0.25, 0.3) is 5.91 Å². The van der Waals surface area contributed by atoms with Crippen molar-refractivity contribution in [3.05, 3.63) is 35.9 Å². The van der Waals surface area contributed by atoms with Gasteiger partial charge in [0.15, 0.2) is 0 Å². The summed E-state index contributed by atoms with van der Waals surface area (Å²) in [5.74, 6) is -1.31. The van der Waals surface area contributed by atoms with Gasteiger partial charge in [-0.1, -0.05) is 18.2 Å². The van der Waals surface area contributed by atoms with E-state index in [1.165, 1.54) is 4.31 Å². The first-order valence-electron chi connectivity index (χ1n) is 7.26. The highest BCUT2D eigenvalue weighted by molar-refractivity contribution is 7.88. The molecule has 0 bridgehead atoms. The van der Waals surface area contributed by atoms with Crippen molar-refractivity contribution >= 4 is 21.9 Å². The van der Waals surface area contributed by atoms with Gasteiger partial charge in [-0.3, -0.25) is 9.59 Å². The highest BCUT2D eigenvalue weighted by Gasteiger charge is 2.41. The van der Waals surface area contributed by atoms with Gasteiger partial charge in [0, 0.05) is 24.7 Å². The molecule has 1 fully saturated rings. The fourth-order valence-corrected chi connectivity index (χ4v) is 4.08. The molecule has 0 spiro atoms. The van der Waals surface area contributed by atoms with Crippen LogP contribution in [0.1, 0.15) is 23.7 Å². The molecular formula is C15H20N2O5S. The van der Waals surface area contributed by atoms with E-state index in [0.29, 0.717) is 5.56 Å². The Morgan fingerprint density at radius 3 is 2.35 bits per heavy atom. The van der Waals surface area contributed by atoms with Gasteiger partial charge in [-0.05, 0) is 19.1 Å². The molecule has 1 aliphatic rings. The van der Waals surface area contributed by atoms with Crippen LogP contribution in [0.2, 0.25) is 0 Å². The van der Waals surface area contributed by atoms with Gasteiger partial charge >= 0.3 is 5.97 Å². The molecule has 1 aromatic rings. The molecule has 1 aliphatic heterocycles. The van der Waals surface area contributed by atoms with Crippen LogP contribution < -0.4 is 0 Å². The molecule has 2 atom stereocenters. The predicted octanol–water partition coefficient (Wildman–Crippen LogP) is 0.636. The van der Waals surface area contributed by atoms with Gasteiger partial charge in [0.1, 0.15) is 0 Å². The summed E-state index contributed by atoms with van der Waals surface area (Å²) < 4.78 is 25.0. The van der Waals surface area contributed by atoms with Crippen LogP contribution in [0, 0.1) is 0 Å². The number of hydrogen-bond acceptors (Lipinski definition) is 4. The first-order chi connectivity index (χ1) is 10.7. The number of rotatable bonds is 4. The smallest absolute Gasteiger partial charge is 0.305 e. The molecule has 7 nitrogen and oxygen atoms in total. The Balaban J connectivity index is 2.29. The van der Waals surface area contributed by atoms with Gasteiger partial charge in [-0.2, -0.15) is 4.31 Å². The molecule has 1 amide bonds. The van der Waals surface area contributed by atoms with Gasteiger partial charge in [0.2, 0.25) is 10.0 Å². The number of carbonyl (C=O) groups is 2. The van der Waals surface area contributed by atoms with Crippen LogP contribution in [-0.4, -0.2) is 66.0 Å². The highest BCUT2D eigenvalue weighted by atomic mass is 32.2. The summed E-state index contributed by atoms with van der Waals surface area (Å²) >= 11 is 0. The van der Waals surface area contributed by atoms with Crippen molar-refractivity contribution in [3.8, 4) is 0 Å². The van der Waals surface area contributed by atoms with E-state index in [1.54, 1.807) is 42.2 Å². The second kappa shape index (κ2) is 6.67. The van der Waals surface area contributed by atoms with Gasteiger partial charge in [0.05, 0.1) is 18.7 Å². The summed E-state index contributed by atoms with van der Waals surface area (Å²) in [6, 6.07) is 7.37. The molecule has 0 aromatic heterocycles. The molecule has 1 heterocycles. The Morgan fingerprint density at radius 2 is 1.83 bits per heavy atom.